The van der Waals surface area contributed by atoms with Crippen LogP contribution in [0.5, 0.6) is 0 Å². The minimum absolute atomic E-state index is 0. The van der Waals surface area contributed by atoms with Crippen molar-refractivity contribution in [1.82, 2.24) is 0 Å². The fraction of sp³-hybridized carbons (Fsp3) is 0.0667. The van der Waals surface area contributed by atoms with Crippen molar-refractivity contribution in [3.63, 3.8) is 0 Å². The molecule has 0 amide bonds. The van der Waals surface area contributed by atoms with Crippen molar-refractivity contribution in [2.75, 3.05) is 0 Å². The average molecular weight is 663 g/mol. The molecule has 0 saturated carbocycles. The van der Waals surface area contributed by atoms with Gasteiger partial charge in [-0.25, -0.2) is 12.2 Å². The van der Waals surface area contributed by atoms with E-state index >= 15 is 0 Å². The van der Waals surface area contributed by atoms with Gasteiger partial charge in [0.2, 0.25) is 0 Å². The molecule has 1 radical (unpaired) electrons. The van der Waals surface area contributed by atoms with Crippen molar-refractivity contribution in [2.45, 2.75) is 12.8 Å². The molecule has 4 heteroatoms. The van der Waals surface area contributed by atoms with Gasteiger partial charge in [-0.15, -0.1) is 12.0 Å². The van der Waals surface area contributed by atoms with E-state index in [1.54, 1.807) is 0 Å². The molecule has 0 bridgehead atoms. The standard InChI is InChI=1S/C13H9.C12H11Si.C5H5.2ClH.Hf/c1-3-7-12-10(5-1)9-11-6-2-4-8-13(11)12;1-3-7-11(8-4-1)13-12-9-5-2-6-10-12;1-2-4-5-3-1;;;/h1-5,7-8H,9H2;1-10,13H;1-3H,4H2;2*1H;/q-1;;-1;;;+4/p-2. The predicted molar refractivity (Wildman–Crippen MR) is 134 cm³/mol. The zero-order chi connectivity index (χ0) is 21.1. The summed E-state index contributed by atoms with van der Waals surface area (Å²) in [5.41, 5.74) is 5.51. The third kappa shape index (κ3) is 9.00. The van der Waals surface area contributed by atoms with Crippen LogP contribution >= 0.6 is 0 Å². The van der Waals surface area contributed by atoms with Crippen LogP contribution in [0.2, 0.25) is 0 Å². The zero-order valence-corrected chi connectivity index (χ0v) is 25.1. The summed E-state index contributed by atoms with van der Waals surface area (Å²) >= 11 is 0. The van der Waals surface area contributed by atoms with Crippen LogP contribution in [0.25, 0.3) is 11.1 Å². The number of hydrogen-bond donors (Lipinski definition) is 0. The largest absolute Gasteiger partial charge is 4.00 e. The fourth-order valence-electron chi connectivity index (χ4n) is 3.63. The molecule has 0 aliphatic heterocycles. The molecular weight excluding hydrogens is 638 g/mol. The third-order valence-electron chi connectivity index (χ3n) is 5.13. The first-order valence-corrected chi connectivity index (χ1v) is 11.8. The molecule has 0 unspecified atom stereocenters. The maximum Gasteiger partial charge on any atom is 4.00 e. The summed E-state index contributed by atoms with van der Waals surface area (Å²) in [5.74, 6) is 0. The van der Waals surface area contributed by atoms with Crippen molar-refractivity contribution in [1.29, 1.82) is 0 Å². The SMILES string of the molecule is [C-]1=CC=CC1.[Cl-].[Cl-].[Hf+4].[c-]1cccc2c1Cc1ccccc1-2.c1ccc([SiH]c2ccccc2)cc1. The van der Waals surface area contributed by atoms with Crippen molar-refractivity contribution in [2.24, 2.45) is 0 Å². The molecular formula is C30H25Cl2HfSi. The fourth-order valence-corrected chi connectivity index (χ4v) is 4.84. The third-order valence-corrected chi connectivity index (χ3v) is 6.57. The second-order valence-electron chi connectivity index (χ2n) is 7.37. The van der Waals surface area contributed by atoms with E-state index in [1.165, 1.54) is 32.6 Å². The molecule has 2 aliphatic rings. The average Bonchev–Trinajstić information content (AvgIpc) is 3.53. The molecule has 0 aromatic heterocycles. The number of allylic oxidation sites excluding steroid dienone is 4. The van der Waals surface area contributed by atoms with Gasteiger partial charge in [-0.05, 0) is 6.42 Å². The van der Waals surface area contributed by atoms with Gasteiger partial charge >= 0.3 is 25.8 Å². The maximum atomic E-state index is 3.30. The Balaban J connectivity index is 0.000000264. The molecule has 0 fully saturated rings. The molecule has 0 N–H and O–H groups in total. The Morgan fingerprint density at radius 1 is 0.647 bits per heavy atom. The van der Waals surface area contributed by atoms with E-state index in [-0.39, 0.29) is 60.2 Å². The molecule has 2 aliphatic carbocycles. The van der Waals surface area contributed by atoms with Crippen LogP contribution in [0.1, 0.15) is 17.5 Å². The summed E-state index contributed by atoms with van der Waals surface area (Å²) < 4.78 is 0. The summed E-state index contributed by atoms with van der Waals surface area (Å²) in [6.07, 6.45) is 11.0. The minimum atomic E-state index is 0. The van der Waals surface area contributed by atoms with Gasteiger partial charge < -0.3 is 24.8 Å². The Bertz CT molecular complexity index is 1070. The normalized spacial score (nSPS) is 11.1. The van der Waals surface area contributed by atoms with Gasteiger partial charge in [-0.2, -0.15) is 35.9 Å². The van der Waals surface area contributed by atoms with Crippen molar-refractivity contribution in [3.05, 3.63) is 145 Å². The van der Waals surface area contributed by atoms with E-state index in [1.807, 2.05) is 18.2 Å². The number of halogens is 2. The van der Waals surface area contributed by atoms with E-state index in [2.05, 4.69) is 115 Å². The van der Waals surface area contributed by atoms with E-state index in [0.717, 1.165) is 12.8 Å². The Morgan fingerprint density at radius 2 is 1.24 bits per heavy atom. The van der Waals surface area contributed by atoms with Crippen LogP contribution in [0, 0.1) is 12.1 Å². The first-order chi connectivity index (χ1) is 15.4. The van der Waals surface area contributed by atoms with Crippen LogP contribution in [0.4, 0.5) is 0 Å². The first-order valence-electron chi connectivity index (χ1n) is 10.6. The smallest absolute Gasteiger partial charge is 1.00 e. The molecule has 0 atom stereocenters. The summed E-state index contributed by atoms with van der Waals surface area (Å²) in [6.45, 7) is 0. The first kappa shape index (κ1) is 30.1. The van der Waals surface area contributed by atoms with Gasteiger partial charge in [0.15, 0.2) is 0 Å². The molecule has 0 nitrogen and oxygen atoms in total. The van der Waals surface area contributed by atoms with Crippen molar-refractivity contribution < 1.29 is 50.7 Å². The van der Waals surface area contributed by atoms with Crippen LogP contribution in [-0.2, 0) is 32.3 Å². The number of rotatable bonds is 2. The number of fused-ring (bicyclic) bond motifs is 3. The predicted octanol–water partition coefficient (Wildman–Crippen LogP) is -0.557. The molecule has 34 heavy (non-hydrogen) atoms. The number of benzene rings is 4. The van der Waals surface area contributed by atoms with E-state index in [4.69, 9.17) is 0 Å². The molecule has 0 spiro atoms. The van der Waals surface area contributed by atoms with Gasteiger partial charge in [0, 0.05) is 0 Å². The monoisotopic (exact) mass is 663 g/mol. The topological polar surface area (TPSA) is 0 Å². The Hall–Kier alpha value is -1.97. The second kappa shape index (κ2) is 16.6. The molecule has 0 heterocycles. The molecule has 167 valence electrons. The zero-order valence-electron chi connectivity index (χ0n) is 18.8. The van der Waals surface area contributed by atoms with Crippen LogP contribution in [0.15, 0.2) is 121 Å². The summed E-state index contributed by atoms with van der Waals surface area (Å²) in [5, 5.41) is 2.90. The van der Waals surface area contributed by atoms with Crippen molar-refractivity contribution >= 4 is 19.9 Å². The molecule has 4 aromatic carbocycles. The summed E-state index contributed by atoms with van der Waals surface area (Å²) in [4.78, 5) is 0. The van der Waals surface area contributed by atoms with Crippen LogP contribution < -0.4 is 35.2 Å². The Labute approximate surface area is 237 Å². The molecule has 6 rings (SSSR count). The molecule has 4 aromatic rings. The van der Waals surface area contributed by atoms with Gasteiger partial charge in [0.25, 0.3) is 0 Å². The van der Waals surface area contributed by atoms with E-state index < -0.39 is 0 Å². The van der Waals surface area contributed by atoms with Crippen LogP contribution in [-0.4, -0.2) is 9.52 Å². The van der Waals surface area contributed by atoms with E-state index in [0.29, 0.717) is 0 Å². The number of hydrogen-bond acceptors (Lipinski definition) is 0. The summed E-state index contributed by atoms with van der Waals surface area (Å²) in [6, 6.07) is 39.4. The Kier molecular flexibility index (Phi) is 14.7. The Morgan fingerprint density at radius 3 is 1.79 bits per heavy atom. The van der Waals surface area contributed by atoms with E-state index in [9.17, 15) is 0 Å². The van der Waals surface area contributed by atoms with Gasteiger partial charge in [-0.3, -0.25) is 6.08 Å². The molecule has 0 saturated heterocycles. The van der Waals surface area contributed by atoms with Gasteiger partial charge in [0.05, 0.1) is 0 Å². The maximum absolute atomic E-state index is 3.30. The van der Waals surface area contributed by atoms with Crippen LogP contribution in [0.3, 0.4) is 0 Å². The van der Waals surface area contributed by atoms with Gasteiger partial charge in [0.1, 0.15) is 9.52 Å². The summed E-state index contributed by atoms with van der Waals surface area (Å²) in [7, 11) is 0.271. The van der Waals surface area contributed by atoms with Crippen molar-refractivity contribution in [3.8, 4) is 11.1 Å². The second-order valence-corrected chi connectivity index (χ2v) is 8.99. The quantitative estimate of drug-likeness (QED) is 0.176. The van der Waals surface area contributed by atoms with Gasteiger partial charge in [-0.1, -0.05) is 106 Å². The minimum Gasteiger partial charge on any atom is -1.00 e.